The molecule has 0 unspecified atom stereocenters. The average Bonchev–Trinajstić information content (AvgIpc) is 2.81. The number of carbonyl (C=O) groups is 2. The number of carbonyl (C=O) groups excluding carboxylic acids is 2. The van der Waals surface area contributed by atoms with Crippen molar-refractivity contribution in [2.24, 2.45) is 0 Å². The Balaban J connectivity index is 1.79. The maximum atomic E-state index is 11.7. The maximum absolute atomic E-state index is 11.7. The molecular weight excluding hydrogens is 228 g/mol. The molecule has 4 nitrogen and oxygen atoms in total. The average molecular weight is 244 g/mol. The van der Waals surface area contributed by atoms with Crippen LogP contribution in [-0.4, -0.2) is 16.7 Å². The Morgan fingerprint density at radius 3 is 2.56 bits per heavy atom. The zero-order valence-corrected chi connectivity index (χ0v) is 10.2. The first-order valence-corrected chi connectivity index (χ1v) is 6.38. The van der Waals surface area contributed by atoms with Crippen LogP contribution in [0.1, 0.15) is 36.0 Å². The quantitative estimate of drug-likeness (QED) is 0.798. The van der Waals surface area contributed by atoms with Gasteiger partial charge in [-0.15, -0.1) is 0 Å². The van der Waals surface area contributed by atoms with Crippen molar-refractivity contribution in [1.29, 1.82) is 0 Å². The second-order valence-electron chi connectivity index (χ2n) is 4.93. The van der Waals surface area contributed by atoms with E-state index in [4.69, 9.17) is 0 Å². The summed E-state index contributed by atoms with van der Waals surface area (Å²) in [6, 6.07) is 6.20. The predicted molar refractivity (Wildman–Crippen MR) is 66.4 cm³/mol. The molecular formula is C14H16N2O2. The SMILES string of the molecule is O=C1CCCC(=O)N1Cc1ccc2c(c1)CNC2. The third-order valence-electron chi connectivity index (χ3n) is 3.63. The lowest BCUT2D eigenvalue weighted by atomic mass is 10.0. The number of nitrogens with one attached hydrogen (secondary N) is 1. The highest BCUT2D eigenvalue weighted by Gasteiger charge is 2.26. The van der Waals surface area contributed by atoms with Crippen LogP contribution in [0, 0.1) is 0 Å². The zero-order valence-electron chi connectivity index (χ0n) is 10.2. The molecule has 2 aliphatic heterocycles. The van der Waals surface area contributed by atoms with Gasteiger partial charge in [-0.05, 0) is 23.1 Å². The van der Waals surface area contributed by atoms with Crippen LogP contribution in [0.15, 0.2) is 18.2 Å². The largest absolute Gasteiger partial charge is 0.309 e. The summed E-state index contributed by atoms with van der Waals surface area (Å²) in [5.74, 6) is -0.0743. The molecule has 4 heteroatoms. The van der Waals surface area contributed by atoms with Gasteiger partial charge in [0.1, 0.15) is 0 Å². The summed E-state index contributed by atoms with van der Waals surface area (Å²) in [7, 11) is 0. The fourth-order valence-corrected chi connectivity index (χ4v) is 2.61. The van der Waals surface area contributed by atoms with Crippen molar-refractivity contribution in [2.75, 3.05) is 0 Å². The van der Waals surface area contributed by atoms with E-state index in [1.54, 1.807) is 0 Å². The normalized spacial score (nSPS) is 19.2. The van der Waals surface area contributed by atoms with Gasteiger partial charge in [-0.2, -0.15) is 0 Å². The summed E-state index contributed by atoms with van der Waals surface area (Å²) in [5.41, 5.74) is 3.64. The number of likely N-dealkylation sites (tertiary alicyclic amines) is 1. The lowest BCUT2D eigenvalue weighted by molar-refractivity contribution is -0.148. The van der Waals surface area contributed by atoms with Gasteiger partial charge < -0.3 is 5.32 Å². The molecule has 0 radical (unpaired) electrons. The minimum Gasteiger partial charge on any atom is -0.309 e. The molecule has 0 aromatic heterocycles. The Labute approximate surface area is 106 Å². The third kappa shape index (κ3) is 2.04. The molecule has 1 N–H and O–H groups in total. The number of benzene rings is 1. The Kier molecular flexibility index (Phi) is 2.88. The van der Waals surface area contributed by atoms with Crippen LogP contribution in [0.2, 0.25) is 0 Å². The van der Waals surface area contributed by atoms with Gasteiger partial charge in [0.15, 0.2) is 0 Å². The van der Waals surface area contributed by atoms with E-state index in [2.05, 4.69) is 17.4 Å². The number of rotatable bonds is 2. The number of imide groups is 1. The summed E-state index contributed by atoms with van der Waals surface area (Å²) in [4.78, 5) is 24.9. The monoisotopic (exact) mass is 244 g/mol. The van der Waals surface area contributed by atoms with E-state index in [1.165, 1.54) is 16.0 Å². The van der Waals surface area contributed by atoms with E-state index in [0.717, 1.165) is 18.7 Å². The van der Waals surface area contributed by atoms with Crippen molar-refractivity contribution < 1.29 is 9.59 Å². The van der Waals surface area contributed by atoms with Crippen molar-refractivity contribution in [2.45, 2.75) is 38.9 Å². The molecule has 1 aromatic rings. The van der Waals surface area contributed by atoms with Crippen molar-refractivity contribution in [3.63, 3.8) is 0 Å². The van der Waals surface area contributed by atoms with Gasteiger partial charge in [0.05, 0.1) is 6.54 Å². The Hall–Kier alpha value is -1.68. The lowest BCUT2D eigenvalue weighted by Crippen LogP contribution is -2.39. The van der Waals surface area contributed by atoms with Crippen molar-refractivity contribution in [1.82, 2.24) is 10.2 Å². The van der Waals surface area contributed by atoms with Crippen LogP contribution in [0.25, 0.3) is 0 Å². The molecule has 2 aliphatic rings. The molecule has 3 rings (SSSR count). The molecule has 2 amide bonds. The summed E-state index contributed by atoms with van der Waals surface area (Å²) in [6.07, 6.45) is 1.69. The van der Waals surface area contributed by atoms with E-state index >= 15 is 0 Å². The van der Waals surface area contributed by atoms with Gasteiger partial charge in [-0.25, -0.2) is 0 Å². The van der Waals surface area contributed by atoms with Gasteiger partial charge in [0, 0.05) is 25.9 Å². The number of piperidine rings is 1. The topological polar surface area (TPSA) is 49.4 Å². The minimum absolute atomic E-state index is 0.0372. The molecule has 0 spiro atoms. The van der Waals surface area contributed by atoms with Crippen LogP contribution in [0.3, 0.4) is 0 Å². The summed E-state index contributed by atoms with van der Waals surface area (Å²) in [5, 5.41) is 3.29. The third-order valence-corrected chi connectivity index (χ3v) is 3.63. The molecule has 2 heterocycles. The maximum Gasteiger partial charge on any atom is 0.229 e. The van der Waals surface area contributed by atoms with Crippen LogP contribution < -0.4 is 5.32 Å². The van der Waals surface area contributed by atoms with E-state index in [9.17, 15) is 9.59 Å². The first-order valence-electron chi connectivity index (χ1n) is 6.38. The predicted octanol–water partition coefficient (Wildman–Crippen LogP) is 1.33. The molecule has 0 aliphatic carbocycles. The molecule has 1 fully saturated rings. The zero-order chi connectivity index (χ0) is 12.5. The van der Waals surface area contributed by atoms with Crippen molar-refractivity contribution in [3.05, 3.63) is 34.9 Å². The minimum atomic E-state index is -0.0372. The Morgan fingerprint density at radius 1 is 1.06 bits per heavy atom. The fourth-order valence-electron chi connectivity index (χ4n) is 2.61. The highest BCUT2D eigenvalue weighted by Crippen LogP contribution is 2.20. The van der Waals surface area contributed by atoms with Crippen LogP contribution in [-0.2, 0) is 29.2 Å². The highest BCUT2D eigenvalue weighted by atomic mass is 16.2. The van der Waals surface area contributed by atoms with Gasteiger partial charge in [-0.1, -0.05) is 18.2 Å². The number of hydrogen-bond acceptors (Lipinski definition) is 3. The smallest absolute Gasteiger partial charge is 0.229 e. The van der Waals surface area contributed by atoms with E-state index < -0.39 is 0 Å². The van der Waals surface area contributed by atoms with Gasteiger partial charge in [0.2, 0.25) is 11.8 Å². The summed E-state index contributed by atoms with van der Waals surface area (Å²) >= 11 is 0. The Bertz CT molecular complexity index is 495. The van der Waals surface area contributed by atoms with Gasteiger partial charge in [-0.3, -0.25) is 14.5 Å². The number of fused-ring (bicyclic) bond motifs is 1. The van der Waals surface area contributed by atoms with Crippen LogP contribution in [0.4, 0.5) is 0 Å². The van der Waals surface area contributed by atoms with E-state index in [-0.39, 0.29) is 11.8 Å². The molecule has 0 bridgehead atoms. The van der Waals surface area contributed by atoms with Crippen molar-refractivity contribution >= 4 is 11.8 Å². The Morgan fingerprint density at radius 2 is 1.78 bits per heavy atom. The first-order chi connectivity index (χ1) is 8.74. The lowest BCUT2D eigenvalue weighted by Gasteiger charge is -2.25. The second-order valence-corrected chi connectivity index (χ2v) is 4.93. The molecule has 94 valence electrons. The molecule has 18 heavy (non-hydrogen) atoms. The number of nitrogens with zero attached hydrogens (tertiary/aromatic N) is 1. The fraction of sp³-hybridized carbons (Fsp3) is 0.429. The van der Waals surface area contributed by atoms with Crippen molar-refractivity contribution in [3.8, 4) is 0 Å². The van der Waals surface area contributed by atoms with Gasteiger partial charge in [0.25, 0.3) is 0 Å². The standard InChI is InChI=1S/C14H16N2O2/c17-13-2-1-3-14(18)16(13)9-10-4-5-11-7-15-8-12(11)6-10/h4-6,15H,1-3,7-9H2. The van der Waals surface area contributed by atoms with Crippen LogP contribution >= 0.6 is 0 Å². The molecule has 0 saturated carbocycles. The summed E-state index contributed by atoms with van der Waals surface area (Å²) < 4.78 is 0. The molecule has 0 atom stereocenters. The summed E-state index contributed by atoms with van der Waals surface area (Å²) in [6.45, 7) is 2.22. The molecule has 1 saturated heterocycles. The van der Waals surface area contributed by atoms with E-state index in [1.807, 2.05) is 6.07 Å². The number of hydrogen-bond donors (Lipinski definition) is 1. The molecule has 1 aromatic carbocycles. The van der Waals surface area contributed by atoms with E-state index in [0.29, 0.717) is 25.8 Å². The van der Waals surface area contributed by atoms with Crippen LogP contribution in [0.5, 0.6) is 0 Å². The first kappa shape index (κ1) is 11.4. The number of amides is 2. The highest BCUT2D eigenvalue weighted by molar-refractivity contribution is 5.97. The second kappa shape index (κ2) is 4.53. The van der Waals surface area contributed by atoms with Gasteiger partial charge >= 0.3 is 0 Å².